The second-order valence-corrected chi connectivity index (χ2v) is 5.74. The van der Waals surface area contributed by atoms with E-state index in [0.717, 1.165) is 4.90 Å². The van der Waals surface area contributed by atoms with Crippen LogP contribution in [0.5, 0.6) is 0 Å². The quantitative estimate of drug-likeness (QED) is 0.531. The Morgan fingerprint density at radius 1 is 1.08 bits per heavy atom. The van der Waals surface area contributed by atoms with E-state index in [1.165, 1.54) is 24.3 Å². The van der Waals surface area contributed by atoms with E-state index >= 15 is 0 Å². The summed E-state index contributed by atoms with van der Waals surface area (Å²) in [6.07, 6.45) is 0. The molecule has 0 radical (unpaired) electrons. The van der Waals surface area contributed by atoms with Crippen LogP contribution in [0.2, 0.25) is 0 Å². The topological polar surface area (TPSA) is 92.6 Å². The Bertz CT molecular complexity index is 804. The minimum atomic E-state index is -1.11. The average Bonchev–Trinajstić information content (AvgIpc) is 2.80. The van der Waals surface area contributed by atoms with Crippen LogP contribution in [-0.2, 0) is 16.9 Å². The third kappa shape index (κ3) is 2.60. The standard InChI is InChI=1S/C17H15N3O4/c1-17(13-5-3-2-4-6-13)15(21)19(16(22)18-17)11-12-7-9-14(10-8-12)20(23)24/h2-10H,11H2,1H3,(H,18,22)/t17-/m1/s1. The molecule has 7 heteroatoms. The van der Waals surface area contributed by atoms with Gasteiger partial charge in [0.15, 0.2) is 0 Å². The van der Waals surface area contributed by atoms with Crippen molar-refractivity contribution < 1.29 is 14.5 Å². The number of non-ortho nitro benzene ring substituents is 1. The molecule has 122 valence electrons. The summed E-state index contributed by atoms with van der Waals surface area (Å²) >= 11 is 0. The Morgan fingerprint density at radius 3 is 2.29 bits per heavy atom. The zero-order valence-corrected chi connectivity index (χ0v) is 12.9. The van der Waals surface area contributed by atoms with Crippen molar-refractivity contribution in [2.75, 3.05) is 0 Å². The molecule has 3 amide bonds. The first-order valence-electron chi connectivity index (χ1n) is 7.35. The van der Waals surface area contributed by atoms with Gasteiger partial charge in [0.1, 0.15) is 5.54 Å². The number of rotatable bonds is 4. The molecule has 1 saturated heterocycles. The molecule has 1 heterocycles. The van der Waals surface area contributed by atoms with Crippen LogP contribution in [0.25, 0.3) is 0 Å². The first-order chi connectivity index (χ1) is 11.4. The molecule has 0 unspecified atom stereocenters. The first kappa shape index (κ1) is 15.7. The molecule has 1 aliphatic rings. The molecule has 2 aromatic rings. The lowest BCUT2D eigenvalue weighted by atomic mass is 9.92. The van der Waals surface area contributed by atoms with Gasteiger partial charge >= 0.3 is 6.03 Å². The number of nitro groups is 1. The average molecular weight is 325 g/mol. The minimum Gasteiger partial charge on any atom is -0.319 e. The van der Waals surface area contributed by atoms with E-state index in [2.05, 4.69) is 5.32 Å². The lowest BCUT2D eigenvalue weighted by Crippen LogP contribution is -2.40. The molecule has 0 bridgehead atoms. The molecule has 0 saturated carbocycles. The highest BCUT2D eigenvalue weighted by Crippen LogP contribution is 2.29. The second kappa shape index (κ2) is 5.77. The van der Waals surface area contributed by atoms with Crippen molar-refractivity contribution in [2.24, 2.45) is 0 Å². The highest BCUT2D eigenvalue weighted by Gasteiger charge is 2.48. The van der Waals surface area contributed by atoms with Crippen molar-refractivity contribution in [3.63, 3.8) is 0 Å². The largest absolute Gasteiger partial charge is 0.325 e. The summed E-state index contributed by atoms with van der Waals surface area (Å²) in [7, 11) is 0. The summed E-state index contributed by atoms with van der Waals surface area (Å²) < 4.78 is 0. The smallest absolute Gasteiger partial charge is 0.319 e. The number of urea groups is 1. The van der Waals surface area contributed by atoms with Crippen molar-refractivity contribution in [1.82, 2.24) is 10.2 Å². The zero-order valence-electron chi connectivity index (χ0n) is 12.9. The van der Waals surface area contributed by atoms with E-state index in [0.29, 0.717) is 11.1 Å². The van der Waals surface area contributed by atoms with E-state index in [-0.39, 0.29) is 18.1 Å². The summed E-state index contributed by atoms with van der Waals surface area (Å²) in [5.74, 6) is -0.350. The van der Waals surface area contributed by atoms with Gasteiger partial charge in [-0.25, -0.2) is 4.79 Å². The number of nitrogens with zero attached hydrogens (tertiary/aromatic N) is 2. The number of imide groups is 1. The molecule has 2 aromatic carbocycles. The fraction of sp³-hybridized carbons (Fsp3) is 0.176. The van der Waals surface area contributed by atoms with E-state index in [9.17, 15) is 19.7 Å². The summed E-state index contributed by atoms with van der Waals surface area (Å²) in [6.45, 7) is 1.73. The van der Waals surface area contributed by atoms with Gasteiger partial charge in [-0.1, -0.05) is 42.5 Å². The Morgan fingerprint density at radius 2 is 1.71 bits per heavy atom. The number of carbonyl (C=O) groups is 2. The Kier molecular flexibility index (Phi) is 3.76. The van der Waals surface area contributed by atoms with Gasteiger partial charge in [0.2, 0.25) is 0 Å². The molecular weight excluding hydrogens is 310 g/mol. The van der Waals surface area contributed by atoms with E-state index in [1.807, 2.05) is 6.07 Å². The molecule has 0 aliphatic carbocycles. The van der Waals surface area contributed by atoms with E-state index in [1.54, 1.807) is 31.2 Å². The molecule has 0 spiro atoms. The van der Waals surface area contributed by atoms with Gasteiger partial charge in [-0.15, -0.1) is 0 Å². The molecule has 0 aromatic heterocycles. The fourth-order valence-corrected chi connectivity index (χ4v) is 2.71. The summed E-state index contributed by atoms with van der Waals surface area (Å²) in [5, 5.41) is 13.4. The third-order valence-electron chi connectivity index (χ3n) is 4.11. The number of nitrogens with one attached hydrogen (secondary N) is 1. The normalized spacial score (nSPS) is 20.1. The van der Waals surface area contributed by atoms with Crippen molar-refractivity contribution in [2.45, 2.75) is 19.0 Å². The van der Waals surface area contributed by atoms with Gasteiger partial charge < -0.3 is 5.32 Å². The van der Waals surface area contributed by atoms with Crippen LogP contribution in [-0.4, -0.2) is 21.8 Å². The zero-order chi connectivity index (χ0) is 17.3. The number of nitro benzene ring substituents is 1. The summed E-state index contributed by atoms with van der Waals surface area (Å²) in [5.41, 5.74) is 0.195. The Hall–Kier alpha value is -3.22. The summed E-state index contributed by atoms with van der Waals surface area (Å²) in [4.78, 5) is 36.3. The molecule has 24 heavy (non-hydrogen) atoms. The number of benzene rings is 2. The van der Waals surface area contributed by atoms with Gasteiger partial charge in [0.05, 0.1) is 11.5 Å². The molecular formula is C17H15N3O4. The van der Waals surface area contributed by atoms with E-state index < -0.39 is 16.5 Å². The highest BCUT2D eigenvalue weighted by atomic mass is 16.6. The lowest BCUT2D eigenvalue weighted by molar-refractivity contribution is -0.384. The van der Waals surface area contributed by atoms with E-state index in [4.69, 9.17) is 0 Å². The van der Waals surface area contributed by atoms with Crippen molar-refractivity contribution in [3.05, 3.63) is 75.8 Å². The number of carbonyl (C=O) groups excluding carboxylic acids is 2. The van der Waals surface area contributed by atoms with Crippen LogP contribution in [0, 0.1) is 10.1 Å². The highest BCUT2D eigenvalue weighted by molar-refractivity contribution is 6.07. The molecule has 1 fully saturated rings. The maximum absolute atomic E-state index is 12.8. The number of amides is 3. The van der Waals surface area contributed by atoms with Crippen LogP contribution in [0.1, 0.15) is 18.1 Å². The van der Waals surface area contributed by atoms with Crippen LogP contribution in [0.3, 0.4) is 0 Å². The van der Waals surface area contributed by atoms with Crippen LogP contribution in [0.4, 0.5) is 10.5 Å². The maximum atomic E-state index is 12.8. The van der Waals surface area contributed by atoms with Crippen molar-refractivity contribution >= 4 is 17.6 Å². The van der Waals surface area contributed by atoms with Gasteiger partial charge in [-0.05, 0) is 18.1 Å². The van der Waals surface area contributed by atoms with Gasteiger partial charge in [0.25, 0.3) is 11.6 Å². The number of hydrogen-bond donors (Lipinski definition) is 1. The van der Waals surface area contributed by atoms with Crippen LogP contribution >= 0.6 is 0 Å². The second-order valence-electron chi connectivity index (χ2n) is 5.74. The van der Waals surface area contributed by atoms with Crippen LogP contribution in [0.15, 0.2) is 54.6 Å². The third-order valence-corrected chi connectivity index (χ3v) is 4.11. The molecule has 3 rings (SSSR count). The SMILES string of the molecule is C[C@]1(c2ccccc2)NC(=O)N(Cc2ccc([N+](=O)[O-])cc2)C1=O. The maximum Gasteiger partial charge on any atom is 0.325 e. The van der Waals surface area contributed by atoms with Crippen molar-refractivity contribution in [3.8, 4) is 0 Å². The fourth-order valence-electron chi connectivity index (χ4n) is 2.71. The predicted molar refractivity (Wildman–Crippen MR) is 86.0 cm³/mol. The van der Waals surface area contributed by atoms with Gasteiger partial charge in [-0.3, -0.25) is 19.8 Å². The van der Waals surface area contributed by atoms with Gasteiger partial charge in [0, 0.05) is 12.1 Å². The monoisotopic (exact) mass is 325 g/mol. The summed E-state index contributed by atoms with van der Waals surface area (Å²) in [6, 6.07) is 14.3. The van der Waals surface area contributed by atoms with Crippen molar-refractivity contribution in [1.29, 1.82) is 0 Å². The Labute approximate surface area is 138 Å². The molecule has 7 nitrogen and oxygen atoms in total. The molecule has 1 aliphatic heterocycles. The Balaban J connectivity index is 1.83. The lowest BCUT2D eigenvalue weighted by Gasteiger charge is -2.22. The minimum absolute atomic E-state index is 0.0370. The van der Waals surface area contributed by atoms with Gasteiger partial charge in [-0.2, -0.15) is 0 Å². The number of hydrogen-bond acceptors (Lipinski definition) is 4. The molecule has 1 atom stereocenters. The first-order valence-corrected chi connectivity index (χ1v) is 7.35. The van der Waals surface area contributed by atoms with Crippen LogP contribution < -0.4 is 5.32 Å². The molecule has 1 N–H and O–H groups in total. The predicted octanol–water partition coefficient (Wildman–Crippen LogP) is 2.56.